The zero-order valence-electron chi connectivity index (χ0n) is 13.4. The molecule has 1 rings (SSSR count). The lowest BCUT2D eigenvalue weighted by Gasteiger charge is -2.37. The van der Waals surface area contributed by atoms with Crippen LogP contribution in [-0.4, -0.2) is 47.3 Å². The highest BCUT2D eigenvalue weighted by atomic mass is 16.3. The molecule has 0 spiro atoms. The molecule has 0 radical (unpaired) electrons. The first-order chi connectivity index (χ1) is 9.03. The summed E-state index contributed by atoms with van der Waals surface area (Å²) in [4.78, 5) is 2.62. The Morgan fingerprint density at radius 3 is 2.63 bits per heavy atom. The van der Waals surface area contributed by atoms with E-state index in [1.165, 1.54) is 38.8 Å². The summed E-state index contributed by atoms with van der Waals surface area (Å²) in [5.41, 5.74) is -0.0762. The summed E-state index contributed by atoms with van der Waals surface area (Å²) in [5.74, 6) is 0. The van der Waals surface area contributed by atoms with Gasteiger partial charge in [-0.1, -0.05) is 27.2 Å². The van der Waals surface area contributed by atoms with Crippen molar-refractivity contribution in [1.29, 1.82) is 0 Å². The van der Waals surface area contributed by atoms with Gasteiger partial charge in [-0.05, 0) is 52.1 Å². The third-order valence-electron chi connectivity index (χ3n) is 4.62. The van der Waals surface area contributed by atoms with Crippen molar-refractivity contribution < 1.29 is 5.11 Å². The minimum atomic E-state index is -0.0762. The highest BCUT2D eigenvalue weighted by Gasteiger charge is 2.28. The molecule has 0 aromatic heterocycles. The van der Waals surface area contributed by atoms with Gasteiger partial charge in [-0.2, -0.15) is 0 Å². The molecule has 2 N–H and O–H groups in total. The Hall–Kier alpha value is -0.120. The van der Waals surface area contributed by atoms with Crippen molar-refractivity contribution in [2.45, 2.75) is 83.8 Å². The van der Waals surface area contributed by atoms with Crippen LogP contribution in [0.15, 0.2) is 0 Å². The van der Waals surface area contributed by atoms with Gasteiger partial charge in [-0.3, -0.25) is 0 Å². The second-order valence-corrected chi connectivity index (χ2v) is 6.58. The molecular formula is C16H34N2O. The minimum absolute atomic E-state index is 0.0762. The Kier molecular flexibility index (Phi) is 7.33. The van der Waals surface area contributed by atoms with Gasteiger partial charge >= 0.3 is 0 Å². The van der Waals surface area contributed by atoms with Crippen LogP contribution in [0.5, 0.6) is 0 Å². The first-order valence-electron chi connectivity index (χ1n) is 8.15. The zero-order valence-corrected chi connectivity index (χ0v) is 13.4. The fraction of sp³-hybridized carbons (Fsp3) is 1.00. The van der Waals surface area contributed by atoms with E-state index in [0.29, 0.717) is 6.04 Å². The lowest BCUT2D eigenvalue weighted by atomic mass is 9.90. The lowest BCUT2D eigenvalue weighted by Crippen LogP contribution is -2.51. The average Bonchev–Trinajstić information content (AvgIpc) is 2.39. The lowest BCUT2D eigenvalue weighted by molar-refractivity contribution is 0.117. The maximum absolute atomic E-state index is 9.74. The number of rotatable bonds is 8. The summed E-state index contributed by atoms with van der Waals surface area (Å²) >= 11 is 0. The van der Waals surface area contributed by atoms with Gasteiger partial charge < -0.3 is 15.3 Å². The predicted octanol–water partition coefficient (Wildman–Crippen LogP) is 2.78. The van der Waals surface area contributed by atoms with E-state index in [1.54, 1.807) is 0 Å². The number of aliphatic hydroxyl groups is 1. The molecule has 1 saturated heterocycles. The summed E-state index contributed by atoms with van der Waals surface area (Å²) in [5, 5.41) is 13.3. The van der Waals surface area contributed by atoms with Gasteiger partial charge in [-0.15, -0.1) is 0 Å². The topological polar surface area (TPSA) is 35.5 Å². The van der Waals surface area contributed by atoms with Crippen molar-refractivity contribution in [3.05, 3.63) is 0 Å². The van der Waals surface area contributed by atoms with Crippen LogP contribution in [-0.2, 0) is 0 Å². The molecule has 0 amide bonds. The Morgan fingerprint density at radius 1 is 1.37 bits per heavy atom. The van der Waals surface area contributed by atoms with E-state index >= 15 is 0 Å². The first-order valence-corrected chi connectivity index (χ1v) is 8.15. The standard InChI is InChI=1S/C16H34N2O/c1-5-16(13-19,17-14(2)3)10-8-12-18-11-7-6-9-15(18)4/h14-15,17,19H,5-13H2,1-4H3. The molecule has 1 aliphatic rings. The third-order valence-corrected chi connectivity index (χ3v) is 4.62. The van der Waals surface area contributed by atoms with Gasteiger partial charge in [0.2, 0.25) is 0 Å². The second-order valence-electron chi connectivity index (χ2n) is 6.58. The molecule has 19 heavy (non-hydrogen) atoms. The number of hydrogen-bond acceptors (Lipinski definition) is 3. The molecule has 3 nitrogen and oxygen atoms in total. The molecule has 3 heteroatoms. The maximum atomic E-state index is 9.74. The molecule has 114 valence electrons. The summed E-state index contributed by atoms with van der Waals surface area (Å²) in [7, 11) is 0. The Labute approximate surface area is 119 Å². The van der Waals surface area contributed by atoms with Crippen LogP contribution in [0.3, 0.4) is 0 Å². The molecule has 1 heterocycles. The second kappa shape index (κ2) is 8.23. The number of aliphatic hydroxyl groups excluding tert-OH is 1. The summed E-state index contributed by atoms with van der Waals surface area (Å²) < 4.78 is 0. The van der Waals surface area contributed by atoms with E-state index in [1.807, 2.05) is 0 Å². The number of nitrogens with zero attached hydrogens (tertiary/aromatic N) is 1. The molecule has 2 unspecified atom stereocenters. The van der Waals surface area contributed by atoms with Crippen molar-refractivity contribution in [2.75, 3.05) is 19.7 Å². The van der Waals surface area contributed by atoms with E-state index in [0.717, 1.165) is 18.9 Å². The van der Waals surface area contributed by atoms with E-state index in [-0.39, 0.29) is 12.1 Å². The SMILES string of the molecule is CCC(CO)(CCCN1CCCCC1C)NC(C)C. The summed E-state index contributed by atoms with van der Waals surface area (Å²) in [6, 6.07) is 1.18. The number of nitrogens with one attached hydrogen (secondary N) is 1. The molecule has 0 bridgehead atoms. The van der Waals surface area contributed by atoms with Crippen LogP contribution in [0, 0.1) is 0 Å². The van der Waals surface area contributed by atoms with Crippen molar-refractivity contribution >= 4 is 0 Å². The first kappa shape index (κ1) is 16.9. The molecule has 1 aliphatic heterocycles. The van der Waals surface area contributed by atoms with Crippen LogP contribution in [0.2, 0.25) is 0 Å². The highest BCUT2D eigenvalue weighted by Crippen LogP contribution is 2.21. The minimum Gasteiger partial charge on any atom is -0.394 e. The van der Waals surface area contributed by atoms with Crippen molar-refractivity contribution in [3.63, 3.8) is 0 Å². The van der Waals surface area contributed by atoms with Gasteiger partial charge in [-0.25, -0.2) is 0 Å². The highest BCUT2D eigenvalue weighted by molar-refractivity contribution is 4.88. The maximum Gasteiger partial charge on any atom is 0.0613 e. The molecule has 0 saturated carbocycles. The van der Waals surface area contributed by atoms with E-state index < -0.39 is 0 Å². The molecule has 2 atom stereocenters. The summed E-state index contributed by atoms with van der Waals surface area (Å²) in [6.07, 6.45) is 7.34. The third kappa shape index (κ3) is 5.41. The fourth-order valence-electron chi connectivity index (χ4n) is 3.31. The number of hydrogen-bond donors (Lipinski definition) is 2. The van der Waals surface area contributed by atoms with Crippen LogP contribution in [0.1, 0.15) is 66.2 Å². The Morgan fingerprint density at radius 2 is 2.11 bits per heavy atom. The van der Waals surface area contributed by atoms with Gasteiger partial charge in [0.15, 0.2) is 0 Å². The monoisotopic (exact) mass is 270 g/mol. The van der Waals surface area contributed by atoms with Crippen LogP contribution < -0.4 is 5.32 Å². The van der Waals surface area contributed by atoms with Crippen molar-refractivity contribution in [3.8, 4) is 0 Å². The number of piperidine rings is 1. The molecule has 1 fully saturated rings. The van der Waals surface area contributed by atoms with Crippen LogP contribution >= 0.6 is 0 Å². The Balaban J connectivity index is 2.39. The molecule has 0 aliphatic carbocycles. The van der Waals surface area contributed by atoms with Crippen LogP contribution in [0.4, 0.5) is 0 Å². The molecule has 0 aromatic rings. The molecule has 0 aromatic carbocycles. The quantitative estimate of drug-likeness (QED) is 0.712. The fourth-order valence-corrected chi connectivity index (χ4v) is 3.31. The van der Waals surface area contributed by atoms with Gasteiger partial charge in [0.1, 0.15) is 0 Å². The number of likely N-dealkylation sites (tertiary alicyclic amines) is 1. The normalized spacial score (nSPS) is 24.6. The molecular weight excluding hydrogens is 236 g/mol. The van der Waals surface area contributed by atoms with Gasteiger partial charge in [0.05, 0.1) is 6.61 Å². The average molecular weight is 270 g/mol. The predicted molar refractivity (Wildman–Crippen MR) is 82.5 cm³/mol. The Bertz CT molecular complexity index is 239. The van der Waals surface area contributed by atoms with E-state index in [2.05, 4.69) is 37.9 Å². The largest absolute Gasteiger partial charge is 0.394 e. The van der Waals surface area contributed by atoms with Crippen molar-refractivity contribution in [2.24, 2.45) is 0 Å². The van der Waals surface area contributed by atoms with Crippen molar-refractivity contribution in [1.82, 2.24) is 10.2 Å². The van der Waals surface area contributed by atoms with E-state index in [4.69, 9.17) is 0 Å². The van der Waals surface area contributed by atoms with Crippen LogP contribution in [0.25, 0.3) is 0 Å². The van der Waals surface area contributed by atoms with Gasteiger partial charge in [0, 0.05) is 17.6 Å². The smallest absolute Gasteiger partial charge is 0.0613 e. The van der Waals surface area contributed by atoms with E-state index in [9.17, 15) is 5.11 Å². The van der Waals surface area contributed by atoms with Gasteiger partial charge in [0.25, 0.3) is 0 Å². The summed E-state index contributed by atoms with van der Waals surface area (Å²) in [6.45, 7) is 11.5. The zero-order chi connectivity index (χ0) is 14.3.